The summed E-state index contributed by atoms with van der Waals surface area (Å²) >= 11 is 7.48. The largest absolute Gasteiger partial charge is 0.850 e. The molecule has 0 heterocycles. The molecule has 0 atom stereocenters. The van der Waals surface area contributed by atoms with Crippen LogP contribution in [0.1, 0.15) is 27.7 Å². The zero-order chi connectivity index (χ0) is 10.4. The van der Waals surface area contributed by atoms with Crippen molar-refractivity contribution >= 4 is 51.4 Å². The van der Waals surface area contributed by atoms with E-state index < -0.39 is 5.69 Å². The van der Waals surface area contributed by atoms with Gasteiger partial charge in [-0.1, -0.05) is 0 Å². The molecule has 0 N–H and O–H groups in total. The van der Waals surface area contributed by atoms with Crippen molar-refractivity contribution in [2.45, 2.75) is 35.4 Å². The number of rotatable bonds is 2. The van der Waals surface area contributed by atoms with Gasteiger partial charge in [0, 0.05) is 0 Å². The molecule has 0 fully saturated rings. The molecule has 0 aromatic rings. The molecule has 0 aliphatic carbocycles. The van der Waals surface area contributed by atoms with Gasteiger partial charge in [-0.3, -0.25) is 0 Å². The van der Waals surface area contributed by atoms with Crippen molar-refractivity contribution in [1.82, 2.24) is 0 Å². The van der Waals surface area contributed by atoms with E-state index in [1.54, 1.807) is 0 Å². The van der Waals surface area contributed by atoms with Crippen molar-refractivity contribution in [2.75, 3.05) is 0 Å². The molecule has 12 heavy (non-hydrogen) atoms. The second kappa shape index (κ2) is 8.08. The van der Waals surface area contributed by atoms with Gasteiger partial charge in [0.25, 0.3) is 0 Å². The van der Waals surface area contributed by atoms with Gasteiger partial charge in [-0.05, 0) is 0 Å². The summed E-state index contributed by atoms with van der Waals surface area (Å²) in [5.41, 5.74) is -3.72. The normalized spacial score (nSPS) is 10.8. The van der Waals surface area contributed by atoms with Crippen molar-refractivity contribution in [1.29, 1.82) is 0 Å². The Morgan fingerprint density at radius 2 is 1.33 bits per heavy atom. The van der Waals surface area contributed by atoms with Crippen molar-refractivity contribution < 1.29 is 9.79 Å². The Morgan fingerprint density at radius 3 is 1.33 bits per heavy atom. The van der Waals surface area contributed by atoms with Crippen molar-refractivity contribution in [3.8, 4) is 0 Å². The van der Waals surface area contributed by atoms with E-state index >= 15 is 0 Å². The van der Waals surface area contributed by atoms with Gasteiger partial charge in [0.1, 0.15) is 0 Å². The van der Waals surface area contributed by atoms with E-state index in [-0.39, 0.29) is 21.6 Å². The molecule has 0 radical (unpaired) electrons. The molecule has 0 spiro atoms. The van der Waals surface area contributed by atoms with Crippen molar-refractivity contribution in [3.63, 3.8) is 0 Å². The molecular weight excluding hydrogens is 321 g/mol. The summed E-state index contributed by atoms with van der Waals surface area (Å²) < 4.78 is 2.05. The van der Waals surface area contributed by atoms with E-state index in [4.69, 9.17) is 0 Å². The molecule has 0 rings (SSSR count). The van der Waals surface area contributed by atoms with Crippen LogP contribution in [0.3, 0.4) is 0 Å². The van der Waals surface area contributed by atoms with Crippen molar-refractivity contribution in [2.24, 2.45) is 0 Å². The Kier molecular flexibility index (Phi) is 10.9. The molecule has 0 bridgehead atoms. The second-order valence-electron chi connectivity index (χ2n) is 2.78. The molecule has 0 aromatic heterocycles. The zero-order valence-corrected chi connectivity index (χ0v) is 12.8. The molecule has 0 unspecified atom stereocenters. The summed E-state index contributed by atoms with van der Waals surface area (Å²) in [4.78, 5) is 18.6. The molecule has 0 saturated heterocycles. The van der Waals surface area contributed by atoms with E-state index in [9.17, 15) is 9.79 Å². The molecule has 0 aliphatic rings. The van der Waals surface area contributed by atoms with E-state index in [2.05, 4.69) is 51.8 Å². The first kappa shape index (κ1) is 16.2. The minimum atomic E-state index is -3.72. The van der Waals surface area contributed by atoms with Gasteiger partial charge in [0.15, 0.2) is 0 Å². The Balaban J connectivity index is 0. The first-order chi connectivity index (χ1) is 5.13. The van der Waals surface area contributed by atoms with Crippen molar-refractivity contribution in [3.05, 3.63) is 0 Å². The minimum absolute atomic E-state index is 0.194. The Morgan fingerprint density at radius 1 is 1.17 bits per heavy atom. The first-order valence-corrected chi connectivity index (χ1v) is 10.2. The monoisotopic (exact) mass is 334 g/mol. The van der Waals surface area contributed by atoms with E-state index in [1.807, 2.05) is 0 Å². The predicted octanol–water partition coefficient (Wildman–Crippen LogP) is 0.826. The molecule has 0 saturated carbocycles. The molecular formula is C6H14O2PS2Sb. The summed E-state index contributed by atoms with van der Waals surface area (Å²) in [7, 11) is 0. The van der Waals surface area contributed by atoms with E-state index in [1.165, 1.54) is 0 Å². The van der Waals surface area contributed by atoms with Crippen LogP contribution in [0.15, 0.2) is 0 Å². The molecule has 72 valence electrons. The van der Waals surface area contributed by atoms with Crippen LogP contribution in [0.4, 0.5) is 0 Å². The van der Waals surface area contributed by atoms with E-state index in [0.717, 1.165) is 7.73 Å². The third kappa shape index (κ3) is 41.1. The molecule has 0 aliphatic heterocycles. The number of hydrogen-bond donors (Lipinski definition) is 0. The van der Waals surface area contributed by atoms with Gasteiger partial charge in [-0.15, -0.1) is 0 Å². The summed E-state index contributed by atoms with van der Waals surface area (Å²) in [6.45, 7) is 9.32. The average Bonchev–Trinajstić information content (AvgIpc) is 1.52. The number of hydrogen-bond acceptors (Lipinski definition) is 4. The summed E-state index contributed by atoms with van der Waals surface area (Å²) in [5.74, 6) is 0. The summed E-state index contributed by atoms with van der Waals surface area (Å²) in [5, 5.41) is 0. The standard InChI is InChI=1S/2C3H7.H3O2PS2.Sb/c2*1-3-2;1-3(2,4)5;/h2*3H,1-2H3;(H3,1,2,4,5);/q;;;+3/p-3. The molecule has 2 nitrogen and oxygen atoms in total. The Labute approximate surface area is 96.0 Å². The fraction of sp³-hybridized carbons (Fsp3) is 1.00. The smallest absolute Gasteiger partial charge is 0.160 e. The van der Waals surface area contributed by atoms with Crippen LogP contribution in [0.2, 0.25) is 7.73 Å². The van der Waals surface area contributed by atoms with Gasteiger partial charge in [0.2, 0.25) is 0 Å². The fourth-order valence-corrected chi connectivity index (χ4v) is 4.00. The molecule has 6 heteroatoms. The van der Waals surface area contributed by atoms with Gasteiger partial charge in [-0.25, -0.2) is 0 Å². The maximum atomic E-state index is 9.29. The van der Waals surface area contributed by atoms with Gasteiger partial charge >= 0.3 is 57.0 Å². The topological polar surface area (TPSA) is 46.1 Å². The second-order valence-corrected chi connectivity index (χ2v) is 14.0. The molecule has 0 aromatic carbocycles. The average molecular weight is 335 g/mol. The van der Waals surface area contributed by atoms with Crippen LogP contribution in [-0.4, -0.2) is 21.6 Å². The van der Waals surface area contributed by atoms with Crippen LogP contribution in [-0.2, 0) is 24.1 Å². The molecule has 0 amide bonds. The van der Waals surface area contributed by atoms with Gasteiger partial charge in [-0.2, -0.15) is 11.8 Å². The predicted molar refractivity (Wildman–Crippen MR) is 57.6 cm³/mol. The summed E-state index contributed by atoms with van der Waals surface area (Å²) in [6, 6.07) is 0. The van der Waals surface area contributed by atoms with E-state index in [0.29, 0.717) is 0 Å². The van der Waals surface area contributed by atoms with Crippen LogP contribution in [0.25, 0.3) is 0 Å². The SMILES string of the molecule is C[CH](C)[Sb+3][CH](C)C.[O-]P([O-])(=S)[S-]. The van der Waals surface area contributed by atoms with Crippen LogP contribution < -0.4 is 9.79 Å². The van der Waals surface area contributed by atoms with Crippen LogP contribution in [0.5, 0.6) is 0 Å². The third-order valence-corrected chi connectivity index (χ3v) is 4.00. The quantitative estimate of drug-likeness (QED) is 0.426. The maximum Gasteiger partial charge on any atom is -0.160 e. The minimum Gasteiger partial charge on any atom is -0.850 e. The van der Waals surface area contributed by atoms with Gasteiger partial charge < -0.3 is 27.7 Å². The van der Waals surface area contributed by atoms with Crippen LogP contribution >= 0.6 is 5.69 Å². The Hall–Kier alpha value is 1.74. The fourth-order valence-electron chi connectivity index (χ4n) is 0.596. The maximum absolute atomic E-state index is 9.29. The first-order valence-electron chi connectivity index (χ1n) is 3.56. The van der Waals surface area contributed by atoms with Gasteiger partial charge in [0.05, 0.1) is 0 Å². The zero-order valence-electron chi connectivity index (χ0n) is 7.68. The third-order valence-electron chi connectivity index (χ3n) is 0.596. The summed E-state index contributed by atoms with van der Waals surface area (Å²) in [6.07, 6.45) is 0. The van der Waals surface area contributed by atoms with Crippen LogP contribution in [0, 0.1) is 0 Å². The Bertz CT molecular complexity index is 132.